The zero-order chi connectivity index (χ0) is 18.4. The molecule has 0 unspecified atom stereocenters. The summed E-state index contributed by atoms with van der Waals surface area (Å²) in [5.74, 6) is -0.0103. The molecular formula is C18H20N4O3S. The maximum Gasteiger partial charge on any atom is 0.328 e. The molecule has 136 valence electrons. The van der Waals surface area contributed by atoms with Gasteiger partial charge in [0.15, 0.2) is 0 Å². The van der Waals surface area contributed by atoms with Crippen molar-refractivity contribution >= 4 is 27.5 Å². The van der Waals surface area contributed by atoms with Gasteiger partial charge in [0, 0.05) is 31.9 Å². The highest BCUT2D eigenvalue weighted by Crippen LogP contribution is 2.12. The lowest BCUT2D eigenvalue weighted by molar-refractivity contribution is -0.121. The molecule has 3 aromatic heterocycles. The minimum atomic E-state index is -0.380. The summed E-state index contributed by atoms with van der Waals surface area (Å²) in [6.45, 7) is 0.831. The first-order valence-electron chi connectivity index (χ1n) is 8.51. The zero-order valence-electron chi connectivity index (χ0n) is 14.2. The topological polar surface area (TPSA) is 96.9 Å². The Morgan fingerprint density at radius 3 is 2.92 bits per heavy atom. The Hall–Kier alpha value is -2.74. The first kappa shape index (κ1) is 18.1. The van der Waals surface area contributed by atoms with E-state index in [0.717, 1.165) is 12.0 Å². The van der Waals surface area contributed by atoms with Crippen molar-refractivity contribution in [2.45, 2.75) is 38.8 Å². The molecule has 0 saturated heterocycles. The maximum atomic E-state index is 12.3. The molecular weight excluding hydrogens is 352 g/mol. The van der Waals surface area contributed by atoms with Crippen LogP contribution in [0.3, 0.4) is 0 Å². The number of fused-ring (bicyclic) bond motifs is 1. The van der Waals surface area contributed by atoms with E-state index < -0.39 is 0 Å². The van der Waals surface area contributed by atoms with Gasteiger partial charge in [0.1, 0.15) is 4.70 Å². The largest absolute Gasteiger partial charge is 0.352 e. The standard InChI is InChI=1S/C18H20N4O3S/c23-15(20-12-13-5-4-8-19-11-13)6-2-1-3-9-22-17(24)16-14(7-10-26-16)21-18(22)25/h4-5,7-8,10-11H,1-3,6,9,12H2,(H,20,23)(H,21,25). The second-order valence-electron chi connectivity index (χ2n) is 6.00. The molecule has 0 saturated carbocycles. The minimum absolute atomic E-state index is 0.0103. The molecule has 3 heterocycles. The SMILES string of the molecule is O=C(CCCCCn1c(=O)[nH]c2ccsc2c1=O)NCc1cccnc1. The van der Waals surface area contributed by atoms with Crippen LogP contribution in [0.1, 0.15) is 31.2 Å². The van der Waals surface area contributed by atoms with Gasteiger partial charge in [0.2, 0.25) is 5.91 Å². The van der Waals surface area contributed by atoms with E-state index in [1.54, 1.807) is 23.8 Å². The van der Waals surface area contributed by atoms with E-state index in [-0.39, 0.29) is 17.2 Å². The number of hydrogen-bond donors (Lipinski definition) is 2. The predicted octanol–water partition coefficient (Wildman–Crippen LogP) is 2.02. The summed E-state index contributed by atoms with van der Waals surface area (Å²) in [6.07, 6.45) is 6.00. The number of nitrogens with one attached hydrogen (secondary N) is 2. The van der Waals surface area contributed by atoms with Crippen LogP contribution in [0.5, 0.6) is 0 Å². The van der Waals surface area contributed by atoms with Crippen molar-refractivity contribution < 1.29 is 4.79 Å². The summed E-state index contributed by atoms with van der Waals surface area (Å²) < 4.78 is 1.81. The Labute approximate surface area is 153 Å². The molecule has 0 atom stereocenters. The van der Waals surface area contributed by atoms with Gasteiger partial charge in [-0.1, -0.05) is 12.5 Å². The fraction of sp³-hybridized carbons (Fsp3) is 0.333. The number of unbranched alkanes of at least 4 members (excludes halogenated alkanes) is 2. The second kappa shape index (κ2) is 8.57. The fourth-order valence-corrected chi connectivity index (χ4v) is 3.50. The Bertz CT molecular complexity index is 991. The molecule has 0 spiro atoms. The van der Waals surface area contributed by atoms with Crippen molar-refractivity contribution in [3.8, 4) is 0 Å². The fourth-order valence-electron chi connectivity index (χ4n) is 2.70. The number of amides is 1. The van der Waals surface area contributed by atoms with Crippen LogP contribution >= 0.6 is 11.3 Å². The van der Waals surface area contributed by atoms with E-state index in [2.05, 4.69) is 15.3 Å². The van der Waals surface area contributed by atoms with Crippen molar-refractivity contribution in [3.63, 3.8) is 0 Å². The van der Waals surface area contributed by atoms with Crippen LogP contribution in [-0.2, 0) is 17.9 Å². The van der Waals surface area contributed by atoms with Crippen molar-refractivity contribution in [1.82, 2.24) is 19.9 Å². The molecule has 0 radical (unpaired) electrons. The van der Waals surface area contributed by atoms with Gasteiger partial charge < -0.3 is 10.3 Å². The van der Waals surface area contributed by atoms with Gasteiger partial charge in [-0.25, -0.2) is 4.79 Å². The number of H-pyrrole nitrogens is 1. The van der Waals surface area contributed by atoms with Gasteiger partial charge >= 0.3 is 5.69 Å². The van der Waals surface area contributed by atoms with Gasteiger partial charge in [-0.15, -0.1) is 11.3 Å². The number of aromatic nitrogens is 3. The summed E-state index contributed by atoms with van der Waals surface area (Å²) in [6, 6.07) is 5.48. The summed E-state index contributed by atoms with van der Waals surface area (Å²) in [7, 11) is 0. The molecule has 2 N–H and O–H groups in total. The highest BCUT2D eigenvalue weighted by atomic mass is 32.1. The van der Waals surface area contributed by atoms with E-state index in [0.29, 0.717) is 42.6 Å². The molecule has 0 aromatic carbocycles. The summed E-state index contributed by atoms with van der Waals surface area (Å²) in [4.78, 5) is 42.8. The highest BCUT2D eigenvalue weighted by molar-refractivity contribution is 7.17. The quantitative estimate of drug-likeness (QED) is 0.591. The third kappa shape index (κ3) is 4.45. The van der Waals surface area contributed by atoms with Crippen LogP contribution in [0.4, 0.5) is 0 Å². The van der Waals surface area contributed by atoms with Gasteiger partial charge in [0.05, 0.1) is 5.52 Å². The van der Waals surface area contributed by atoms with Crippen LogP contribution in [0.15, 0.2) is 45.6 Å². The summed E-state index contributed by atoms with van der Waals surface area (Å²) >= 11 is 1.33. The molecule has 0 bridgehead atoms. The van der Waals surface area contributed by atoms with Crippen LogP contribution in [-0.4, -0.2) is 20.4 Å². The van der Waals surface area contributed by atoms with E-state index >= 15 is 0 Å². The van der Waals surface area contributed by atoms with Crippen molar-refractivity contribution in [1.29, 1.82) is 0 Å². The normalized spacial score (nSPS) is 10.9. The van der Waals surface area contributed by atoms with Gasteiger partial charge in [-0.3, -0.25) is 19.1 Å². The monoisotopic (exact) mass is 372 g/mol. The number of thiophene rings is 1. The number of nitrogens with zero attached hydrogens (tertiary/aromatic N) is 2. The van der Waals surface area contributed by atoms with Crippen LogP contribution in [0.2, 0.25) is 0 Å². The summed E-state index contributed by atoms with van der Waals surface area (Å²) in [5.41, 5.74) is 0.929. The average Bonchev–Trinajstić information content (AvgIpc) is 3.11. The molecule has 0 aliphatic rings. The number of carbonyl (C=O) groups excluding carboxylic acids is 1. The van der Waals surface area contributed by atoms with Crippen molar-refractivity contribution in [3.05, 3.63) is 62.4 Å². The first-order chi connectivity index (χ1) is 12.6. The number of pyridine rings is 1. The highest BCUT2D eigenvalue weighted by Gasteiger charge is 2.08. The number of carbonyl (C=O) groups is 1. The molecule has 7 nitrogen and oxygen atoms in total. The number of aromatic amines is 1. The predicted molar refractivity (Wildman–Crippen MR) is 101 cm³/mol. The lowest BCUT2D eigenvalue weighted by atomic mass is 10.2. The molecule has 1 amide bonds. The van der Waals surface area contributed by atoms with Crippen molar-refractivity contribution in [2.24, 2.45) is 0 Å². The zero-order valence-corrected chi connectivity index (χ0v) is 15.1. The van der Waals surface area contributed by atoms with Crippen LogP contribution in [0, 0.1) is 0 Å². The molecule has 0 aliphatic carbocycles. The van der Waals surface area contributed by atoms with Crippen LogP contribution in [0.25, 0.3) is 10.2 Å². The number of hydrogen-bond acceptors (Lipinski definition) is 5. The Morgan fingerprint density at radius 1 is 1.23 bits per heavy atom. The second-order valence-corrected chi connectivity index (χ2v) is 6.92. The molecule has 0 fully saturated rings. The Balaban J connectivity index is 1.41. The third-order valence-corrected chi connectivity index (χ3v) is 4.99. The smallest absolute Gasteiger partial charge is 0.328 e. The van der Waals surface area contributed by atoms with Crippen molar-refractivity contribution in [2.75, 3.05) is 0 Å². The lowest BCUT2D eigenvalue weighted by Gasteiger charge is -2.06. The Morgan fingerprint density at radius 2 is 2.12 bits per heavy atom. The lowest BCUT2D eigenvalue weighted by Crippen LogP contribution is -2.34. The molecule has 26 heavy (non-hydrogen) atoms. The van der Waals surface area contributed by atoms with E-state index in [1.807, 2.05) is 12.1 Å². The van der Waals surface area contributed by atoms with E-state index in [1.165, 1.54) is 15.9 Å². The van der Waals surface area contributed by atoms with Crippen LogP contribution < -0.4 is 16.6 Å². The maximum absolute atomic E-state index is 12.3. The molecule has 0 aliphatic heterocycles. The minimum Gasteiger partial charge on any atom is -0.352 e. The number of rotatable bonds is 8. The summed E-state index contributed by atoms with van der Waals surface area (Å²) in [5, 5.41) is 4.64. The van der Waals surface area contributed by atoms with E-state index in [9.17, 15) is 14.4 Å². The molecule has 8 heteroatoms. The molecule has 3 aromatic rings. The molecule has 3 rings (SSSR count). The Kier molecular flexibility index (Phi) is 5.96. The van der Waals surface area contributed by atoms with Gasteiger partial charge in [-0.05, 0) is 35.9 Å². The van der Waals surface area contributed by atoms with Gasteiger partial charge in [0.25, 0.3) is 5.56 Å². The van der Waals surface area contributed by atoms with E-state index in [4.69, 9.17) is 0 Å². The first-order valence-corrected chi connectivity index (χ1v) is 9.39. The average molecular weight is 372 g/mol. The third-order valence-electron chi connectivity index (χ3n) is 4.09. The van der Waals surface area contributed by atoms with Gasteiger partial charge in [-0.2, -0.15) is 0 Å².